The molecule has 1 radical (unpaired) electrons. The van der Waals surface area contributed by atoms with Crippen LogP contribution in [0.2, 0.25) is 0 Å². The molecule has 0 aromatic heterocycles. The predicted molar refractivity (Wildman–Crippen MR) is 29.2 cm³/mol. The van der Waals surface area contributed by atoms with Gasteiger partial charge in [-0.05, 0) is 0 Å². The number of hydrogen-bond acceptors (Lipinski definition) is 0. The van der Waals surface area contributed by atoms with Gasteiger partial charge in [0.1, 0.15) is 0 Å². The zero-order valence-electron chi connectivity index (χ0n) is 4.84. The second-order valence-electron chi connectivity index (χ2n) is 0.865. The quantitative estimate of drug-likeness (QED) is 0.392. The summed E-state index contributed by atoms with van der Waals surface area (Å²) < 4.78 is 0. The average Bonchev–Trinajstić information content (AvgIpc) is 1.38. The van der Waals surface area contributed by atoms with E-state index >= 15 is 0 Å². The van der Waals surface area contributed by atoms with Gasteiger partial charge in [0.2, 0.25) is 0 Å². The molecule has 0 aliphatic rings. The predicted octanol–water partition coefficient (Wildman–Crippen LogP) is 1.77. The van der Waals surface area contributed by atoms with E-state index in [-0.39, 0.29) is 23.9 Å². The third-order valence-electron chi connectivity index (χ3n) is 0.353. The van der Waals surface area contributed by atoms with Crippen LogP contribution in [-0.2, 0) is 16.5 Å². The van der Waals surface area contributed by atoms with Crippen molar-refractivity contribution in [3.8, 4) is 0 Å². The van der Waals surface area contributed by atoms with E-state index in [2.05, 4.69) is 5.32 Å². The second-order valence-corrected chi connectivity index (χ2v) is 0.865. The first-order valence-corrected chi connectivity index (χ1v) is 1.46. The van der Waals surface area contributed by atoms with Gasteiger partial charge in [-0.3, -0.25) is 0 Å². The monoisotopic (exact) mass is 142 g/mol. The molecule has 45 valence electrons. The fourth-order valence-electron chi connectivity index (χ4n) is 0. The molecule has 0 aromatic carbocycles. The fourth-order valence-corrected chi connectivity index (χ4v) is 0. The first-order chi connectivity index (χ1) is 2.27. The first-order valence-electron chi connectivity index (χ1n) is 1.46. The summed E-state index contributed by atoms with van der Waals surface area (Å²) in [6, 6.07) is 0. The largest absolute Gasteiger partial charge is 3.00 e. The maximum atomic E-state index is 5.04. The summed E-state index contributed by atoms with van der Waals surface area (Å²) in [6.45, 7) is 6.79. The molecule has 0 amide bonds. The van der Waals surface area contributed by atoms with Crippen molar-refractivity contribution in [2.24, 2.45) is 0 Å². The molecular weight excluding hydrogens is 133 g/mol. The van der Waals surface area contributed by atoms with Gasteiger partial charge in [-0.15, -0.1) is 7.05 Å². The van der Waals surface area contributed by atoms with E-state index in [1.165, 1.54) is 0 Å². The number of nitrogens with zero attached hydrogens (tertiary/aromatic N) is 1. The van der Waals surface area contributed by atoms with Gasteiger partial charge in [0.05, 0.1) is 0 Å². The molecule has 0 fully saturated rings. The molecule has 0 rings (SSSR count). The van der Waals surface area contributed by atoms with Crippen molar-refractivity contribution in [3.05, 3.63) is 25.0 Å². The SMILES string of the molecule is [CH-]=C(C)[N-]C.[CH3-].[Ni+3]. The summed E-state index contributed by atoms with van der Waals surface area (Å²) in [4.78, 5) is 0. The van der Waals surface area contributed by atoms with Crippen LogP contribution in [0, 0.1) is 14.0 Å². The Hall–Kier alpha value is 0.0335. The zero-order valence-corrected chi connectivity index (χ0v) is 5.83. The van der Waals surface area contributed by atoms with Crippen molar-refractivity contribution in [1.82, 2.24) is 0 Å². The summed E-state index contributed by atoms with van der Waals surface area (Å²) in [7, 11) is 1.66. The first kappa shape index (κ1) is 15.7. The maximum Gasteiger partial charge on any atom is 3.00 e. The van der Waals surface area contributed by atoms with Crippen LogP contribution in [0.4, 0.5) is 0 Å². The van der Waals surface area contributed by atoms with Crippen molar-refractivity contribution < 1.29 is 16.5 Å². The van der Waals surface area contributed by atoms with Gasteiger partial charge in [-0.25, -0.2) is 0 Å². The Labute approximate surface area is 56.1 Å². The molecule has 0 heterocycles. The van der Waals surface area contributed by atoms with Crippen molar-refractivity contribution in [3.63, 3.8) is 0 Å². The van der Waals surface area contributed by atoms with E-state index in [1.807, 2.05) is 0 Å². The van der Waals surface area contributed by atoms with E-state index in [0.29, 0.717) is 5.70 Å². The molecule has 1 nitrogen and oxygen atoms in total. The average molecular weight is 143 g/mol. The van der Waals surface area contributed by atoms with Crippen LogP contribution in [0.1, 0.15) is 6.92 Å². The van der Waals surface area contributed by atoms with Crippen molar-refractivity contribution in [1.29, 1.82) is 0 Å². The summed E-state index contributed by atoms with van der Waals surface area (Å²) in [5, 5.41) is 3.58. The summed E-state index contributed by atoms with van der Waals surface area (Å²) in [5.41, 5.74) is 0.630. The van der Waals surface area contributed by atoms with Crippen molar-refractivity contribution in [2.75, 3.05) is 7.05 Å². The minimum absolute atomic E-state index is 0. The molecule has 7 heavy (non-hydrogen) atoms. The Morgan fingerprint density at radius 2 is 1.71 bits per heavy atom. The molecule has 0 saturated carbocycles. The van der Waals surface area contributed by atoms with E-state index < -0.39 is 0 Å². The van der Waals surface area contributed by atoms with E-state index in [0.717, 1.165) is 0 Å². The van der Waals surface area contributed by atoms with Gasteiger partial charge in [-0.1, -0.05) is 6.92 Å². The Kier molecular flexibility index (Phi) is 21.1. The fraction of sp³-hybridized carbons (Fsp3) is 0.400. The molecule has 0 atom stereocenters. The smallest absolute Gasteiger partial charge is 0.721 e. The number of hydrogen-bond donors (Lipinski definition) is 0. The van der Waals surface area contributed by atoms with E-state index in [9.17, 15) is 0 Å². The molecule has 0 aliphatic carbocycles. The summed E-state index contributed by atoms with van der Waals surface area (Å²) in [5.74, 6) is 0. The third kappa shape index (κ3) is 23.7. The number of allylic oxidation sites excluding steroid dienone is 1. The molecule has 0 bridgehead atoms. The van der Waals surface area contributed by atoms with Crippen LogP contribution in [-0.4, -0.2) is 7.05 Å². The van der Waals surface area contributed by atoms with Crippen LogP contribution in [0.3, 0.4) is 0 Å². The van der Waals surface area contributed by atoms with E-state index in [4.69, 9.17) is 6.58 Å². The van der Waals surface area contributed by atoms with Gasteiger partial charge < -0.3 is 25.0 Å². The minimum atomic E-state index is 0. The number of rotatable bonds is 1. The van der Waals surface area contributed by atoms with Gasteiger partial charge >= 0.3 is 16.5 Å². The van der Waals surface area contributed by atoms with E-state index in [1.54, 1.807) is 14.0 Å². The van der Waals surface area contributed by atoms with Crippen LogP contribution in [0.5, 0.6) is 0 Å². The van der Waals surface area contributed by atoms with Crippen molar-refractivity contribution in [2.45, 2.75) is 6.92 Å². The standard InChI is InChI=1S/C4H7N.CH3.Ni/c1-4(2)5-3;;/h1H,2-3H3;1H3;/q-2;-1;+3. The minimum Gasteiger partial charge on any atom is -0.721 e. The van der Waals surface area contributed by atoms with Gasteiger partial charge in [-0.2, -0.15) is 0 Å². The molecule has 0 N–H and O–H groups in total. The van der Waals surface area contributed by atoms with Crippen LogP contribution >= 0.6 is 0 Å². The summed E-state index contributed by atoms with van der Waals surface area (Å²) in [6.07, 6.45) is 0. The molecule has 0 saturated heterocycles. The van der Waals surface area contributed by atoms with Gasteiger partial charge in [0, 0.05) is 0 Å². The van der Waals surface area contributed by atoms with Crippen molar-refractivity contribution >= 4 is 0 Å². The zero-order chi connectivity index (χ0) is 4.28. The van der Waals surface area contributed by atoms with Crippen LogP contribution in [0.25, 0.3) is 5.32 Å². The Morgan fingerprint density at radius 1 is 1.57 bits per heavy atom. The van der Waals surface area contributed by atoms with Crippen LogP contribution < -0.4 is 0 Å². The molecule has 0 aliphatic heterocycles. The van der Waals surface area contributed by atoms with Gasteiger partial charge in [0.15, 0.2) is 0 Å². The second kappa shape index (κ2) is 9.40. The Balaban J connectivity index is -0.0000000800. The third-order valence-corrected chi connectivity index (χ3v) is 0.353. The summed E-state index contributed by atoms with van der Waals surface area (Å²) >= 11 is 0. The van der Waals surface area contributed by atoms with Gasteiger partial charge in [0.25, 0.3) is 0 Å². The topological polar surface area (TPSA) is 14.1 Å². The molecular formula is C5H10NNi. The normalized spacial score (nSPS) is 4.86. The molecule has 2 heteroatoms. The molecule has 0 aromatic rings. The van der Waals surface area contributed by atoms with Crippen LogP contribution in [0.15, 0.2) is 5.70 Å². The Bertz CT molecular complexity index is 43.3. The maximum absolute atomic E-state index is 5.04. The molecule has 0 unspecified atom stereocenters. The molecule has 0 spiro atoms. The Morgan fingerprint density at radius 3 is 1.71 bits per heavy atom.